The van der Waals surface area contributed by atoms with Crippen LogP contribution >= 0.6 is 11.8 Å². The quantitative estimate of drug-likeness (QED) is 0.114. The predicted molar refractivity (Wildman–Crippen MR) is 168 cm³/mol. The summed E-state index contributed by atoms with van der Waals surface area (Å²) < 4.78 is 4.98. The summed E-state index contributed by atoms with van der Waals surface area (Å²) in [7, 11) is 0. The van der Waals surface area contributed by atoms with Crippen molar-refractivity contribution in [3.63, 3.8) is 0 Å². The molecule has 1 atom stereocenters. The van der Waals surface area contributed by atoms with Crippen LogP contribution in [0.15, 0.2) is 114 Å². The van der Waals surface area contributed by atoms with Gasteiger partial charge in [0.15, 0.2) is 0 Å². The Balaban J connectivity index is 1.37. The fourth-order valence-corrected chi connectivity index (χ4v) is 4.66. The molecule has 218 valence electrons. The van der Waals surface area contributed by atoms with Crippen molar-refractivity contribution in [1.29, 1.82) is 0 Å². The monoisotopic (exact) mass is 594 g/mol. The molecule has 4 aromatic rings. The maximum Gasteiger partial charge on any atom is 0.338 e. The smallest absolute Gasteiger partial charge is 0.338 e. The summed E-state index contributed by atoms with van der Waals surface area (Å²) in [6.07, 6.45) is 4.76. The number of rotatable bonds is 11. The van der Waals surface area contributed by atoms with Gasteiger partial charge in [0, 0.05) is 34.2 Å². The molecule has 0 bridgehead atoms. The Morgan fingerprint density at radius 1 is 0.837 bits per heavy atom. The second kappa shape index (κ2) is 15.1. The highest BCUT2D eigenvalue weighted by molar-refractivity contribution is 8.00. The maximum atomic E-state index is 13.2. The summed E-state index contributed by atoms with van der Waals surface area (Å²) in [5.41, 5.74) is 2.61. The van der Waals surface area contributed by atoms with Crippen molar-refractivity contribution in [2.75, 3.05) is 17.2 Å². The van der Waals surface area contributed by atoms with Crippen molar-refractivity contribution in [2.24, 2.45) is 0 Å². The van der Waals surface area contributed by atoms with E-state index < -0.39 is 23.0 Å². The van der Waals surface area contributed by atoms with E-state index in [0.717, 1.165) is 4.90 Å². The van der Waals surface area contributed by atoms with Crippen LogP contribution in [0.4, 0.5) is 11.4 Å². The molecule has 0 saturated heterocycles. The number of ether oxygens (including phenoxy) is 1. The van der Waals surface area contributed by atoms with Gasteiger partial charge in [-0.1, -0.05) is 24.3 Å². The van der Waals surface area contributed by atoms with Crippen molar-refractivity contribution < 1.29 is 23.9 Å². The van der Waals surface area contributed by atoms with Crippen molar-refractivity contribution in [3.8, 4) is 0 Å². The Bertz CT molecular complexity index is 1590. The third-order valence-electron chi connectivity index (χ3n) is 5.98. The molecule has 10 heteroatoms. The number of anilines is 2. The molecule has 4 rings (SSSR count). The van der Waals surface area contributed by atoms with Gasteiger partial charge in [0.1, 0.15) is 5.70 Å². The topological polar surface area (TPSA) is 126 Å². The minimum atomic E-state index is -0.504. The van der Waals surface area contributed by atoms with Crippen LogP contribution in [0.2, 0.25) is 0 Å². The molecule has 0 fully saturated rings. The van der Waals surface area contributed by atoms with E-state index in [1.165, 1.54) is 11.8 Å². The van der Waals surface area contributed by atoms with Gasteiger partial charge in [-0.05, 0) is 92.2 Å². The zero-order chi connectivity index (χ0) is 30.6. The fourth-order valence-electron chi connectivity index (χ4n) is 3.79. The first kappa shape index (κ1) is 30.7. The summed E-state index contributed by atoms with van der Waals surface area (Å²) in [5.74, 6) is -1.54. The van der Waals surface area contributed by atoms with E-state index in [2.05, 4.69) is 20.9 Å². The third kappa shape index (κ3) is 9.14. The van der Waals surface area contributed by atoms with Crippen LogP contribution in [0.1, 0.15) is 40.1 Å². The summed E-state index contributed by atoms with van der Waals surface area (Å²) in [6, 6.07) is 25.7. The Hall–Kier alpha value is -5.22. The molecule has 0 radical (unpaired) electrons. The van der Waals surface area contributed by atoms with Crippen LogP contribution in [0.5, 0.6) is 0 Å². The van der Waals surface area contributed by atoms with E-state index >= 15 is 0 Å². The first-order valence-electron chi connectivity index (χ1n) is 13.5. The van der Waals surface area contributed by atoms with E-state index in [4.69, 9.17) is 4.74 Å². The van der Waals surface area contributed by atoms with Crippen LogP contribution in [0.3, 0.4) is 0 Å². The summed E-state index contributed by atoms with van der Waals surface area (Å²) in [5, 5.41) is 7.93. The number of carbonyl (C=O) groups excluding carboxylic acids is 4. The number of benzene rings is 3. The van der Waals surface area contributed by atoms with E-state index in [1.54, 1.807) is 123 Å². The Morgan fingerprint density at radius 2 is 1.51 bits per heavy atom. The van der Waals surface area contributed by atoms with Crippen LogP contribution in [-0.2, 0) is 14.3 Å². The van der Waals surface area contributed by atoms with E-state index in [9.17, 15) is 19.2 Å². The molecule has 3 aromatic carbocycles. The normalized spacial score (nSPS) is 11.6. The number of hydrogen-bond acceptors (Lipinski definition) is 7. The highest BCUT2D eigenvalue weighted by Gasteiger charge is 2.17. The maximum absolute atomic E-state index is 13.2. The lowest BCUT2D eigenvalue weighted by molar-refractivity contribution is -0.115. The minimum Gasteiger partial charge on any atom is -0.462 e. The van der Waals surface area contributed by atoms with Crippen molar-refractivity contribution >= 4 is 52.9 Å². The number of carbonyl (C=O) groups is 4. The van der Waals surface area contributed by atoms with Gasteiger partial charge in [0.05, 0.1) is 17.4 Å². The zero-order valence-corrected chi connectivity index (χ0v) is 24.4. The van der Waals surface area contributed by atoms with Crippen LogP contribution in [0.25, 0.3) is 6.08 Å². The Morgan fingerprint density at radius 3 is 2.16 bits per heavy atom. The van der Waals surface area contributed by atoms with Gasteiger partial charge in [0.2, 0.25) is 5.91 Å². The molecule has 0 aliphatic heterocycles. The zero-order valence-electron chi connectivity index (χ0n) is 23.6. The molecule has 3 amide bonds. The SMILES string of the molecule is CCOC(=O)c1ccc(NC(=O)C(C)Sc2ccc(NC(=O)/C(=C/c3cccnc3)NC(=O)c3ccccc3)cc2)cc1. The van der Waals surface area contributed by atoms with Gasteiger partial charge in [-0.2, -0.15) is 0 Å². The molecule has 1 unspecified atom stereocenters. The minimum absolute atomic E-state index is 0.0564. The molecule has 0 saturated carbocycles. The molecular weight excluding hydrogens is 564 g/mol. The first-order chi connectivity index (χ1) is 20.8. The molecule has 0 aliphatic carbocycles. The highest BCUT2D eigenvalue weighted by atomic mass is 32.2. The van der Waals surface area contributed by atoms with Crippen molar-refractivity contribution in [3.05, 3.63) is 126 Å². The van der Waals surface area contributed by atoms with Crippen LogP contribution in [0, 0.1) is 0 Å². The number of amides is 3. The number of nitrogens with zero attached hydrogens (tertiary/aromatic N) is 1. The molecule has 0 aliphatic rings. The number of esters is 1. The average Bonchev–Trinajstić information content (AvgIpc) is 3.03. The summed E-state index contributed by atoms with van der Waals surface area (Å²) in [4.78, 5) is 55.4. The van der Waals surface area contributed by atoms with Gasteiger partial charge < -0.3 is 20.7 Å². The van der Waals surface area contributed by atoms with Gasteiger partial charge in [-0.25, -0.2) is 4.79 Å². The third-order valence-corrected chi connectivity index (χ3v) is 7.09. The number of aromatic nitrogens is 1. The predicted octanol–water partition coefficient (Wildman–Crippen LogP) is 5.79. The van der Waals surface area contributed by atoms with Crippen molar-refractivity contribution in [2.45, 2.75) is 24.0 Å². The lowest BCUT2D eigenvalue weighted by Crippen LogP contribution is -2.30. The fraction of sp³-hybridized carbons (Fsp3) is 0.121. The Kier molecular flexibility index (Phi) is 10.8. The van der Waals surface area contributed by atoms with Gasteiger partial charge in [-0.15, -0.1) is 11.8 Å². The Labute approximate surface area is 253 Å². The summed E-state index contributed by atoms with van der Waals surface area (Å²) >= 11 is 1.35. The second-order valence-electron chi connectivity index (χ2n) is 9.19. The number of hydrogen-bond donors (Lipinski definition) is 3. The largest absolute Gasteiger partial charge is 0.462 e. The second-order valence-corrected chi connectivity index (χ2v) is 10.6. The molecule has 0 spiro atoms. The van der Waals surface area contributed by atoms with E-state index in [1.807, 2.05) is 0 Å². The molecule has 1 aromatic heterocycles. The van der Waals surface area contributed by atoms with E-state index in [-0.39, 0.29) is 18.2 Å². The summed E-state index contributed by atoms with van der Waals surface area (Å²) in [6.45, 7) is 3.81. The first-order valence-corrected chi connectivity index (χ1v) is 14.3. The highest BCUT2D eigenvalue weighted by Crippen LogP contribution is 2.26. The van der Waals surface area contributed by atoms with Crippen LogP contribution in [-0.4, -0.2) is 40.5 Å². The molecule has 9 nitrogen and oxygen atoms in total. The van der Waals surface area contributed by atoms with Crippen LogP contribution < -0.4 is 16.0 Å². The van der Waals surface area contributed by atoms with Gasteiger partial charge in [-0.3, -0.25) is 19.4 Å². The standard InChI is InChI=1S/C33H30N4O5S/c1-3-42-33(41)25-11-13-26(14-12-25)35-30(38)22(2)43-28-17-15-27(16-18-28)36-32(40)29(20-23-8-7-19-34-21-23)37-31(39)24-9-5-4-6-10-24/h4-22H,3H2,1-2H3,(H,35,38)(H,36,40)(H,37,39)/b29-20-. The molecular formula is C33H30N4O5S. The molecule has 3 N–H and O–H groups in total. The van der Waals surface area contributed by atoms with Gasteiger partial charge >= 0.3 is 5.97 Å². The number of pyridine rings is 1. The lowest BCUT2D eigenvalue weighted by Gasteiger charge is -2.14. The lowest BCUT2D eigenvalue weighted by atomic mass is 10.2. The molecule has 1 heterocycles. The van der Waals surface area contributed by atoms with E-state index in [0.29, 0.717) is 28.1 Å². The number of thioether (sulfide) groups is 1. The molecule has 43 heavy (non-hydrogen) atoms. The van der Waals surface area contributed by atoms with Gasteiger partial charge in [0.25, 0.3) is 11.8 Å². The average molecular weight is 595 g/mol. The number of nitrogens with one attached hydrogen (secondary N) is 3. The van der Waals surface area contributed by atoms with Crippen molar-refractivity contribution in [1.82, 2.24) is 10.3 Å².